The van der Waals surface area contributed by atoms with Gasteiger partial charge in [-0.25, -0.2) is 0 Å². The first-order valence-corrected chi connectivity index (χ1v) is 9.31. The van der Waals surface area contributed by atoms with Gasteiger partial charge in [0.2, 0.25) is 5.91 Å². The molecule has 0 N–H and O–H groups in total. The number of amides is 1. The van der Waals surface area contributed by atoms with E-state index in [0.29, 0.717) is 6.42 Å². The highest BCUT2D eigenvalue weighted by molar-refractivity contribution is 9.10. The molecule has 126 valence electrons. The Labute approximate surface area is 152 Å². The number of piperazine rings is 1. The maximum Gasteiger partial charge on any atom is 0.227 e. The second kappa shape index (κ2) is 7.84. The summed E-state index contributed by atoms with van der Waals surface area (Å²) in [5, 5.41) is 0. The van der Waals surface area contributed by atoms with Crippen LogP contribution in [0.25, 0.3) is 0 Å². The molecule has 0 radical (unpaired) electrons. The molecule has 1 amide bonds. The van der Waals surface area contributed by atoms with E-state index >= 15 is 0 Å². The molecule has 4 heteroatoms. The fourth-order valence-electron chi connectivity index (χ4n) is 3.09. The molecule has 1 saturated heterocycles. The molecule has 1 aliphatic heterocycles. The van der Waals surface area contributed by atoms with Gasteiger partial charge in [0.1, 0.15) is 0 Å². The molecule has 0 aromatic heterocycles. The summed E-state index contributed by atoms with van der Waals surface area (Å²) >= 11 is 3.46. The summed E-state index contributed by atoms with van der Waals surface area (Å²) in [4.78, 5) is 16.8. The highest BCUT2D eigenvalue weighted by Gasteiger charge is 2.21. The number of carbonyl (C=O) groups is 1. The van der Waals surface area contributed by atoms with E-state index in [1.54, 1.807) is 0 Å². The Balaban J connectivity index is 1.55. The second-order valence-corrected chi connectivity index (χ2v) is 7.11. The fourth-order valence-corrected chi connectivity index (χ4v) is 3.54. The lowest BCUT2D eigenvalue weighted by atomic mass is 10.1. The normalized spacial score (nSPS) is 14.8. The molecule has 24 heavy (non-hydrogen) atoms. The summed E-state index contributed by atoms with van der Waals surface area (Å²) in [5.41, 5.74) is 3.68. The van der Waals surface area contributed by atoms with Crippen molar-refractivity contribution in [2.24, 2.45) is 0 Å². The monoisotopic (exact) mass is 386 g/mol. The highest BCUT2D eigenvalue weighted by atomic mass is 79.9. The predicted octanol–water partition coefficient (Wildman–Crippen LogP) is 3.90. The van der Waals surface area contributed by atoms with Crippen molar-refractivity contribution < 1.29 is 4.79 Å². The molecule has 1 heterocycles. The Bertz CT molecular complexity index is 691. The Morgan fingerprint density at radius 1 is 1.00 bits per heavy atom. The van der Waals surface area contributed by atoms with Crippen LogP contribution in [0.1, 0.15) is 18.1 Å². The Morgan fingerprint density at radius 2 is 1.71 bits per heavy atom. The van der Waals surface area contributed by atoms with E-state index < -0.39 is 0 Å². The van der Waals surface area contributed by atoms with Crippen LogP contribution < -0.4 is 4.90 Å². The standard InChI is InChI=1S/C20H23BrN2O/c1-2-16-6-8-19(9-7-16)22-10-12-23(13-11-22)20(24)15-17-4-3-5-18(21)14-17/h3-9,14H,2,10-13,15H2,1H3. The van der Waals surface area contributed by atoms with Crippen LogP contribution in [-0.2, 0) is 17.6 Å². The molecule has 3 rings (SSSR count). The van der Waals surface area contributed by atoms with Crippen molar-refractivity contribution in [3.8, 4) is 0 Å². The summed E-state index contributed by atoms with van der Waals surface area (Å²) in [6.07, 6.45) is 1.54. The first-order chi connectivity index (χ1) is 11.7. The van der Waals surface area contributed by atoms with Crippen LogP contribution in [0, 0.1) is 0 Å². The van der Waals surface area contributed by atoms with Crippen molar-refractivity contribution >= 4 is 27.5 Å². The maximum atomic E-state index is 12.5. The molecule has 2 aromatic rings. The van der Waals surface area contributed by atoms with Crippen molar-refractivity contribution in [2.75, 3.05) is 31.1 Å². The number of rotatable bonds is 4. The van der Waals surface area contributed by atoms with Crippen LogP contribution >= 0.6 is 15.9 Å². The number of aryl methyl sites for hydroxylation is 1. The molecule has 0 aliphatic carbocycles. The van der Waals surface area contributed by atoms with Gasteiger partial charge < -0.3 is 9.80 Å². The third-order valence-corrected chi connectivity index (χ3v) is 5.08. The minimum atomic E-state index is 0.217. The number of hydrogen-bond donors (Lipinski definition) is 0. The minimum Gasteiger partial charge on any atom is -0.368 e. The zero-order chi connectivity index (χ0) is 16.9. The quantitative estimate of drug-likeness (QED) is 0.795. The van der Waals surface area contributed by atoms with Crippen molar-refractivity contribution in [1.82, 2.24) is 4.90 Å². The minimum absolute atomic E-state index is 0.217. The number of nitrogens with zero attached hydrogens (tertiary/aromatic N) is 2. The van der Waals surface area contributed by atoms with E-state index in [4.69, 9.17) is 0 Å². The van der Waals surface area contributed by atoms with Crippen LogP contribution in [-0.4, -0.2) is 37.0 Å². The molecular formula is C20H23BrN2O. The predicted molar refractivity (Wildman–Crippen MR) is 102 cm³/mol. The number of carbonyl (C=O) groups excluding carboxylic acids is 1. The van der Waals surface area contributed by atoms with E-state index in [2.05, 4.69) is 52.0 Å². The van der Waals surface area contributed by atoms with E-state index in [1.165, 1.54) is 11.3 Å². The third kappa shape index (κ3) is 4.18. The molecule has 0 spiro atoms. The van der Waals surface area contributed by atoms with Crippen LogP contribution in [0.5, 0.6) is 0 Å². The lowest BCUT2D eigenvalue weighted by Gasteiger charge is -2.36. The number of anilines is 1. The molecule has 2 aromatic carbocycles. The largest absolute Gasteiger partial charge is 0.368 e. The average Bonchev–Trinajstić information content (AvgIpc) is 2.62. The van der Waals surface area contributed by atoms with Crippen molar-refractivity contribution in [3.63, 3.8) is 0 Å². The second-order valence-electron chi connectivity index (χ2n) is 6.19. The van der Waals surface area contributed by atoms with E-state index in [1.807, 2.05) is 29.2 Å². The first-order valence-electron chi connectivity index (χ1n) is 8.52. The van der Waals surface area contributed by atoms with Crippen LogP contribution in [0.4, 0.5) is 5.69 Å². The van der Waals surface area contributed by atoms with Crippen molar-refractivity contribution in [2.45, 2.75) is 19.8 Å². The van der Waals surface area contributed by atoms with Gasteiger partial charge in [0.05, 0.1) is 6.42 Å². The van der Waals surface area contributed by atoms with Gasteiger partial charge in [0.25, 0.3) is 0 Å². The van der Waals surface area contributed by atoms with Gasteiger partial charge in [0, 0.05) is 36.3 Å². The van der Waals surface area contributed by atoms with Gasteiger partial charge in [-0.15, -0.1) is 0 Å². The summed E-state index contributed by atoms with van der Waals surface area (Å²) in [6, 6.07) is 16.8. The summed E-state index contributed by atoms with van der Waals surface area (Å²) in [7, 11) is 0. The van der Waals surface area contributed by atoms with Gasteiger partial charge in [-0.05, 0) is 41.8 Å². The van der Waals surface area contributed by atoms with Gasteiger partial charge in [0.15, 0.2) is 0 Å². The van der Waals surface area contributed by atoms with Gasteiger partial charge in [-0.3, -0.25) is 4.79 Å². The molecule has 1 aliphatic rings. The molecule has 0 bridgehead atoms. The number of halogens is 1. The van der Waals surface area contributed by atoms with Crippen LogP contribution in [0.3, 0.4) is 0 Å². The molecular weight excluding hydrogens is 364 g/mol. The fraction of sp³-hybridized carbons (Fsp3) is 0.350. The van der Waals surface area contributed by atoms with E-state index in [-0.39, 0.29) is 5.91 Å². The van der Waals surface area contributed by atoms with E-state index in [9.17, 15) is 4.79 Å². The SMILES string of the molecule is CCc1ccc(N2CCN(C(=O)Cc3cccc(Br)c3)CC2)cc1. The Kier molecular flexibility index (Phi) is 5.56. The molecule has 3 nitrogen and oxygen atoms in total. The highest BCUT2D eigenvalue weighted by Crippen LogP contribution is 2.18. The topological polar surface area (TPSA) is 23.6 Å². The van der Waals surface area contributed by atoms with E-state index in [0.717, 1.165) is 42.6 Å². The van der Waals surface area contributed by atoms with Crippen molar-refractivity contribution in [1.29, 1.82) is 0 Å². The lowest BCUT2D eigenvalue weighted by molar-refractivity contribution is -0.130. The van der Waals surface area contributed by atoms with Gasteiger partial charge >= 0.3 is 0 Å². The average molecular weight is 387 g/mol. The summed E-state index contributed by atoms with van der Waals surface area (Å²) in [6.45, 7) is 5.56. The van der Waals surface area contributed by atoms with Crippen molar-refractivity contribution in [3.05, 3.63) is 64.1 Å². The smallest absolute Gasteiger partial charge is 0.227 e. The first kappa shape index (κ1) is 17.0. The van der Waals surface area contributed by atoms with Gasteiger partial charge in [-0.2, -0.15) is 0 Å². The summed E-state index contributed by atoms with van der Waals surface area (Å²) < 4.78 is 1.02. The van der Waals surface area contributed by atoms with Gasteiger partial charge in [-0.1, -0.05) is 47.1 Å². The maximum absolute atomic E-state index is 12.5. The number of benzene rings is 2. The molecule has 0 saturated carbocycles. The Morgan fingerprint density at radius 3 is 2.33 bits per heavy atom. The zero-order valence-corrected chi connectivity index (χ0v) is 15.6. The molecule has 0 unspecified atom stereocenters. The zero-order valence-electron chi connectivity index (χ0n) is 14.0. The Hall–Kier alpha value is -1.81. The van der Waals surface area contributed by atoms with Crippen LogP contribution in [0.2, 0.25) is 0 Å². The lowest BCUT2D eigenvalue weighted by Crippen LogP contribution is -2.49. The number of hydrogen-bond acceptors (Lipinski definition) is 2. The molecule has 1 fully saturated rings. The summed E-state index contributed by atoms with van der Waals surface area (Å²) in [5.74, 6) is 0.217. The van der Waals surface area contributed by atoms with Crippen LogP contribution in [0.15, 0.2) is 53.0 Å². The molecule has 0 atom stereocenters. The third-order valence-electron chi connectivity index (χ3n) is 4.59.